The summed E-state index contributed by atoms with van der Waals surface area (Å²) in [5.74, 6) is -0.0117. The Bertz CT molecular complexity index is 1400. The molecule has 2 aliphatic rings. The van der Waals surface area contributed by atoms with E-state index < -0.39 is 0 Å². The Morgan fingerprint density at radius 3 is 2.78 bits per heavy atom. The van der Waals surface area contributed by atoms with Crippen molar-refractivity contribution in [3.05, 3.63) is 87.8 Å². The highest BCUT2D eigenvalue weighted by atomic mass is 16.2. The number of aromatic amines is 1. The highest BCUT2D eigenvalue weighted by Crippen LogP contribution is 2.45. The number of amides is 1. The van der Waals surface area contributed by atoms with Crippen LogP contribution in [-0.2, 0) is 13.5 Å². The van der Waals surface area contributed by atoms with Crippen LogP contribution in [0.25, 0.3) is 22.2 Å². The molecule has 4 heterocycles. The van der Waals surface area contributed by atoms with E-state index in [0.717, 1.165) is 48.2 Å². The minimum absolute atomic E-state index is 0.0117. The fourth-order valence-corrected chi connectivity index (χ4v) is 5.56. The monoisotopic (exact) mass is 424 g/mol. The van der Waals surface area contributed by atoms with Crippen molar-refractivity contribution in [2.45, 2.75) is 37.8 Å². The number of aryl methyl sites for hydroxylation is 1. The predicted molar refractivity (Wildman–Crippen MR) is 123 cm³/mol. The maximum Gasteiger partial charge on any atom is 0.254 e. The van der Waals surface area contributed by atoms with Gasteiger partial charge < -0.3 is 9.88 Å². The number of hydrogen-bond acceptors (Lipinski definition) is 3. The van der Waals surface area contributed by atoms with Gasteiger partial charge in [0, 0.05) is 52.9 Å². The predicted octanol–water partition coefficient (Wildman–Crippen LogP) is 4.22. The fourth-order valence-electron chi connectivity index (χ4n) is 5.56. The molecule has 6 heteroatoms. The number of rotatable bonds is 2. The number of carbonyl (C=O) groups excluding carboxylic acids is 1. The zero-order valence-electron chi connectivity index (χ0n) is 17.9. The van der Waals surface area contributed by atoms with E-state index in [1.807, 2.05) is 34.8 Å². The lowest BCUT2D eigenvalue weighted by Crippen LogP contribution is -2.49. The van der Waals surface area contributed by atoms with Gasteiger partial charge in [0.15, 0.2) is 5.43 Å². The summed E-state index contributed by atoms with van der Waals surface area (Å²) in [6.07, 6.45) is 5.43. The van der Waals surface area contributed by atoms with E-state index in [-0.39, 0.29) is 23.4 Å². The van der Waals surface area contributed by atoms with Crippen LogP contribution in [0.1, 0.15) is 46.9 Å². The second kappa shape index (κ2) is 7.19. The summed E-state index contributed by atoms with van der Waals surface area (Å²) in [4.78, 5) is 31.1. The van der Waals surface area contributed by atoms with E-state index in [0.29, 0.717) is 10.9 Å². The number of nitrogens with zero attached hydrogens (tertiary/aromatic N) is 3. The summed E-state index contributed by atoms with van der Waals surface area (Å²) >= 11 is 0. The molecule has 6 rings (SSSR count). The van der Waals surface area contributed by atoms with Crippen LogP contribution in [0.2, 0.25) is 0 Å². The first-order valence-corrected chi connectivity index (χ1v) is 11.2. The number of benzene rings is 2. The Morgan fingerprint density at radius 1 is 1.09 bits per heavy atom. The summed E-state index contributed by atoms with van der Waals surface area (Å²) in [7, 11) is 1.99. The third kappa shape index (κ3) is 2.83. The van der Waals surface area contributed by atoms with Crippen LogP contribution in [0.5, 0.6) is 0 Å². The third-order valence-electron chi connectivity index (χ3n) is 6.96. The van der Waals surface area contributed by atoms with Gasteiger partial charge in [0.1, 0.15) is 0 Å². The third-order valence-corrected chi connectivity index (χ3v) is 6.96. The van der Waals surface area contributed by atoms with Crippen LogP contribution in [0, 0.1) is 0 Å². The molecule has 4 aromatic rings. The quantitative estimate of drug-likeness (QED) is 0.524. The highest BCUT2D eigenvalue weighted by molar-refractivity contribution is 5.98. The highest BCUT2D eigenvalue weighted by Gasteiger charge is 2.43. The van der Waals surface area contributed by atoms with Gasteiger partial charge in [0.25, 0.3) is 5.91 Å². The maximum absolute atomic E-state index is 13.7. The molecule has 6 nitrogen and oxygen atoms in total. The van der Waals surface area contributed by atoms with Crippen molar-refractivity contribution in [2.75, 3.05) is 0 Å². The second-order valence-corrected chi connectivity index (χ2v) is 8.82. The lowest BCUT2D eigenvalue weighted by Gasteiger charge is -2.45. The molecule has 1 N–H and O–H groups in total. The van der Waals surface area contributed by atoms with E-state index in [9.17, 15) is 9.59 Å². The van der Waals surface area contributed by atoms with Crippen LogP contribution in [0.4, 0.5) is 0 Å². The van der Waals surface area contributed by atoms with Crippen LogP contribution in [0.3, 0.4) is 0 Å². The van der Waals surface area contributed by atoms with Crippen LogP contribution in [0.15, 0.2) is 65.6 Å². The van der Waals surface area contributed by atoms with Crippen molar-refractivity contribution in [1.29, 1.82) is 0 Å². The molecule has 0 saturated carbocycles. The van der Waals surface area contributed by atoms with Gasteiger partial charge >= 0.3 is 0 Å². The number of pyridine rings is 1. The average molecular weight is 425 g/mol. The molecule has 2 atom stereocenters. The van der Waals surface area contributed by atoms with Gasteiger partial charge in [-0.25, -0.2) is 0 Å². The zero-order valence-corrected chi connectivity index (χ0v) is 17.9. The number of carbonyl (C=O) groups is 1. The number of fused-ring (bicyclic) bond motifs is 5. The minimum Gasteiger partial charge on any atom is -0.361 e. The van der Waals surface area contributed by atoms with Crippen LogP contribution >= 0.6 is 0 Å². The van der Waals surface area contributed by atoms with Gasteiger partial charge in [0.2, 0.25) is 0 Å². The van der Waals surface area contributed by atoms with Crippen molar-refractivity contribution in [2.24, 2.45) is 7.05 Å². The molecule has 1 fully saturated rings. The molecule has 2 aliphatic heterocycles. The van der Waals surface area contributed by atoms with E-state index in [1.165, 1.54) is 11.6 Å². The smallest absolute Gasteiger partial charge is 0.254 e. The minimum atomic E-state index is -0.0771. The van der Waals surface area contributed by atoms with E-state index >= 15 is 0 Å². The number of H-pyrrole nitrogens is 1. The number of nitrogens with one attached hydrogen (secondary N) is 1. The molecule has 2 aromatic heterocycles. The largest absolute Gasteiger partial charge is 0.361 e. The van der Waals surface area contributed by atoms with Gasteiger partial charge in [-0.1, -0.05) is 30.3 Å². The van der Waals surface area contributed by atoms with Gasteiger partial charge in [-0.05, 0) is 43.9 Å². The van der Waals surface area contributed by atoms with Gasteiger partial charge in [-0.15, -0.1) is 0 Å². The molecule has 2 aromatic carbocycles. The Kier molecular flexibility index (Phi) is 4.28. The molecular weight excluding hydrogens is 400 g/mol. The van der Waals surface area contributed by atoms with Crippen molar-refractivity contribution >= 4 is 16.8 Å². The van der Waals surface area contributed by atoms with Crippen LogP contribution in [-0.4, -0.2) is 31.6 Å². The van der Waals surface area contributed by atoms with Gasteiger partial charge in [-0.3, -0.25) is 14.3 Å². The maximum atomic E-state index is 13.7. The molecule has 0 radical (unpaired) electrons. The molecule has 0 aliphatic carbocycles. The fraction of sp³-hybridized carbons (Fsp3) is 0.269. The zero-order chi connectivity index (χ0) is 21.8. The van der Waals surface area contributed by atoms with Crippen molar-refractivity contribution in [1.82, 2.24) is 19.7 Å². The van der Waals surface area contributed by atoms with Crippen molar-refractivity contribution in [3.63, 3.8) is 0 Å². The molecule has 1 amide bonds. The molecule has 1 saturated heterocycles. The van der Waals surface area contributed by atoms with Gasteiger partial charge in [-0.2, -0.15) is 5.10 Å². The number of aromatic nitrogens is 3. The molecule has 2 unspecified atom stereocenters. The first-order valence-electron chi connectivity index (χ1n) is 11.2. The molecule has 2 bridgehead atoms. The topological polar surface area (TPSA) is 71.0 Å². The number of piperidine rings is 1. The summed E-state index contributed by atoms with van der Waals surface area (Å²) in [5.41, 5.74) is 5.84. The van der Waals surface area contributed by atoms with Crippen molar-refractivity contribution < 1.29 is 4.79 Å². The normalized spacial score (nSPS) is 19.7. The molecule has 32 heavy (non-hydrogen) atoms. The average Bonchev–Trinajstić information content (AvgIpc) is 3.14. The Balaban J connectivity index is 1.43. The van der Waals surface area contributed by atoms with E-state index in [1.54, 1.807) is 12.3 Å². The standard InChI is InChI=1S/C26H24N4O2/c1-29-25(16-6-3-2-4-7-16)20-15-18-8-5-9-22(24(20)28-29)30(18)26(32)17-10-11-21-19(14-17)23(31)12-13-27-21/h2-4,6-7,10-14,18,22H,5,8-9,15H2,1H3,(H,27,31). The number of hydrogen-bond donors (Lipinski definition) is 1. The first-order chi connectivity index (χ1) is 15.6. The first kappa shape index (κ1) is 19.0. The van der Waals surface area contributed by atoms with Crippen molar-refractivity contribution in [3.8, 4) is 11.3 Å². The second-order valence-electron chi connectivity index (χ2n) is 8.82. The SMILES string of the molecule is Cn1nc2c(c1-c1ccccc1)CC1CCCC2N1C(=O)c1ccc2[nH]ccc(=O)c2c1. The summed E-state index contributed by atoms with van der Waals surface area (Å²) < 4.78 is 1.97. The molecule has 160 valence electrons. The van der Waals surface area contributed by atoms with Gasteiger partial charge in [0.05, 0.1) is 17.4 Å². The summed E-state index contributed by atoms with van der Waals surface area (Å²) in [6, 6.07) is 17.4. The Morgan fingerprint density at radius 2 is 1.94 bits per heavy atom. The summed E-state index contributed by atoms with van der Waals surface area (Å²) in [6.45, 7) is 0. The van der Waals surface area contributed by atoms with E-state index in [4.69, 9.17) is 5.10 Å². The lowest BCUT2D eigenvalue weighted by molar-refractivity contribution is 0.0392. The Hall–Kier alpha value is -3.67. The summed E-state index contributed by atoms with van der Waals surface area (Å²) in [5, 5.41) is 5.45. The molecular formula is C26H24N4O2. The molecule has 0 spiro atoms. The van der Waals surface area contributed by atoms with E-state index in [2.05, 4.69) is 29.2 Å². The van der Waals surface area contributed by atoms with Crippen LogP contribution < -0.4 is 5.43 Å². The lowest BCUT2D eigenvalue weighted by atomic mass is 9.81. The Labute approximate surface area is 185 Å².